The van der Waals surface area contributed by atoms with Gasteiger partial charge in [-0.3, -0.25) is 4.79 Å². The molecule has 6 unspecified atom stereocenters. The van der Waals surface area contributed by atoms with Gasteiger partial charge in [0.1, 0.15) is 41.3 Å². The van der Waals surface area contributed by atoms with E-state index >= 15 is 0 Å². The molecule has 2 aliphatic heterocycles. The number of methoxy groups -OCH3 is 1. The number of ketones is 1. The summed E-state index contributed by atoms with van der Waals surface area (Å²) in [5, 5.41) is 70.8. The van der Waals surface area contributed by atoms with Gasteiger partial charge in [0.05, 0.1) is 18.2 Å². The Kier molecular flexibility index (Phi) is 7.61. The second-order valence-electron chi connectivity index (χ2n) is 9.36. The average Bonchev–Trinajstić information content (AvgIpc) is 3.17. The van der Waals surface area contributed by atoms with E-state index in [2.05, 4.69) is 0 Å². The highest BCUT2D eigenvalue weighted by Crippen LogP contribution is 2.49. The second-order valence-corrected chi connectivity index (χ2v) is 9.36. The molecule has 2 aromatic rings. The van der Waals surface area contributed by atoms with Crippen LogP contribution < -0.4 is 14.2 Å². The van der Waals surface area contributed by atoms with Crippen LogP contribution in [0.5, 0.6) is 34.5 Å². The van der Waals surface area contributed by atoms with Crippen molar-refractivity contribution in [1.29, 1.82) is 0 Å². The zero-order valence-corrected chi connectivity index (χ0v) is 21.1. The molecule has 0 amide bonds. The predicted molar refractivity (Wildman–Crippen MR) is 130 cm³/mol. The van der Waals surface area contributed by atoms with Crippen LogP contribution in [0.4, 0.5) is 0 Å². The van der Waals surface area contributed by atoms with Gasteiger partial charge in [-0.25, -0.2) is 4.79 Å². The molecule has 0 aliphatic carbocycles. The number of phenolic OH excluding ortho intramolecular Hbond substituents is 3. The second kappa shape index (κ2) is 10.6. The van der Waals surface area contributed by atoms with E-state index in [4.69, 9.17) is 18.9 Å². The maximum Gasteiger partial charge on any atom is 0.335 e. The van der Waals surface area contributed by atoms with Crippen molar-refractivity contribution in [1.82, 2.24) is 0 Å². The first kappa shape index (κ1) is 28.0. The quantitative estimate of drug-likeness (QED) is 0.240. The maximum atomic E-state index is 13.3. The number of rotatable bonds is 7. The molecule has 6 atom stereocenters. The predicted octanol–water partition coefficient (Wildman–Crippen LogP) is 0.908. The van der Waals surface area contributed by atoms with Crippen LogP contribution in [-0.2, 0) is 16.0 Å². The van der Waals surface area contributed by atoms with Crippen LogP contribution in [0.3, 0.4) is 0 Å². The number of aliphatic hydroxyl groups is 3. The van der Waals surface area contributed by atoms with Gasteiger partial charge in [-0.15, -0.1) is 0 Å². The highest BCUT2D eigenvalue weighted by Gasteiger charge is 2.48. The fourth-order valence-corrected chi connectivity index (χ4v) is 4.40. The first-order valence-corrected chi connectivity index (χ1v) is 11.8. The van der Waals surface area contributed by atoms with Crippen LogP contribution in [0.15, 0.2) is 29.8 Å². The summed E-state index contributed by atoms with van der Waals surface area (Å²) in [6.45, 7) is 3.72. The smallest absolute Gasteiger partial charge is 0.335 e. The number of aliphatic hydroxyl groups excluding tert-OH is 3. The Hall–Kier alpha value is -4.04. The summed E-state index contributed by atoms with van der Waals surface area (Å²) in [6, 6.07) is 3.16. The van der Waals surface area contributed by atoms with Crippen LogP contribution in [0.1, 0.15) is 41.4 Å². The first-order chi connectivity index (χ1) is 18.3. The lowest BCUT2D eigenvalue weighted by Gasteiger charge is -2.38. The van der Waals surface area contributed by atoms with E-state index in [1.165, 1.54) is 7.11 Å². The lowest BCUT2D eigenvalue weighted by Crippen LogP contribution is -2.61. The fourth-order valence-electron chi connectivity index (χ4n) is 4.40. The third kappa shape index (κ3) is 5.04. The minimum atomic E-state index is -1.94. The zero-order valence-electron chi connectivity index (χ0n) is 21.1. The number of aliphatic carboxylic acids is 1. The Bertz CT molecular complexity index is 1330. The van der Waals surface area contributed by atoms with Crippen LogP contribution in [-0.4, -0.2) is 85.3 Å². The molecule has 2 aliphatic rings. The Morgan fingerprint density at radius 1 is 1.00 bits per heavy atom. The molecule has 0 radical (unpaired) electrons. The molecule has 39 heavy (non-hydrogen) atoms. The van der Waals surface area contributed by atoms with E-state index in [0.29, 0.717) is 5.56 Å². The molecule has 0 spiro atoms. The van der Waals surface area contributed by atoms with Crippen molar-refractivity contribution in [3.05, 3.63) is 46.5 Å². The van der Waals surface area contributed by atoms with E-state index in [1.54, 1.807) is 0 Å². The molecule has 2 heterocycles. The number of fused-ring (bicyclic) bond motifs is 1. The highest BCUT2D eigenvalue weighted by molar-refractivity contribution is 6.06. The summed E-state index contributed by atoms with van der Waals surface area (Å²) < 4.78 is 21.7. The monoisotopic (exact) mass is 548 g/mol. The number of Topliss-reactive ketones (excluding diaryl/α,β-unsaturated/α-hetero) is 1. The van der Waals surface area contributed by atoms with Crippen LogP contribution in [0.2, 0.25) is 0 Å². The number of allylic oxidation sites excluding steroid dienone is 2. The fraction of sp³-hybridized carbons (Fsp3) is 0.385. The van der Waals surface area contributed by atoms with Crippen molar-refractivity contribution in [2.24, 2.45) is 0 Å². The summed E-state index contributed by atoms with van der Waals surface area (Å²) >= 11 is 0. The normalized spacial score (nSPS) is 25.9. The van der Waals surface area contributed by atoms with Gasteiger partial charge >= 0.3 is 5.97 Å². The van der Waals surface area contributed by atoms with Gasteiger partial charge < -0.3 is 54.7 Å². The van der Waals surface area contributed by atoms with Gasteiger partial charge in [0.2, 0.25) is 12.1 Å². The number of hydrogen-bond donors (Lipinski definition) is 7. The molecule has 7 N–H and O–H groups in total. The number of phenols is 3. The Balaban J connectivity index is 1.67. The number of aromatic hydroxyl groups is 3. The summed E-state index contributed by atoms with van der Waals surface area (Å²) in [7, 11) is 1.30. The SMILES string of the molecule is COc1c(CC=C(C)C)c(O)cc(O)c1C1Oc2cc(OC3OC(C(=O)O)C(O)C(O)C3O)c(O)cc2C1=O. The van der Waals surface area contributed by atoms with Crippen molar-refractivity contribution < 1.29 is 64.3 Å². The number of carboxylic acid groups (broad SMARTS) is 1. The Morgan fingerprint density at radius 3 is 2.31 bits per heavy atom. The number of hydrogen-bond acceptors (Lipinski definition) is 12. The highest BCUT2D eigenvalue weighted by atomic mass is 16.7. The molecule has 13 nitrogen and oxygen atoms in total. The van der Waals surface area contributed by atoms with Crippen molar-refractivity contribution in [3.63, 3.8) is 0 Å². The van der Waals surface area contributed by atoms with Gasteiger partial charge in [0.25, 0.3) is 0 Å². The minimum absolute atomic E-state index is 0.0304. The lowest BCUT2D eigenvalue weighted by atomic mass is 9.95. The number of benzene rings is 2. The summed E-state index contributed by atoms with van der Waals surface area (Å²) in [4.78, 5) is 24.6. The van der Waals surface area contributed by atoms with Crippen LogP contribution in [0, 0.1) is 0 Å². The molecule has 0 saturated carbocycles. The standard InChI is InChI=1S/C26H28O13/c1-9(2)4-5-10-12(27)7-14(29)17(22(10)36-3)23-18(30)11-6-13(28)16(8-15(11)37-23)38-26-21(33)19(31)20(32)24(39-26)25(34)35/h4,6-8,19-21,23-24,26-29,31-33H,5H2,1-3H3,(H,34,35). The molecular formula is C26H28O13. The van der Waals surface area contributed by atoms with Crippen molar-refractivity contribution in [2.75, 3.05) is 7.11 Å². The van der Waals surface area contributed by atoms with Gasteiger partial charge in [-0.1, -0.05) is 11.6 Å². The molecule has 0 aromatic heterocycles. The van der Waals surface area contributed by atoms with Crippen LogP contribution in [0.25, 0.3) is 0 Å². The molecule has 4 rings (SSSR count). The summed E-state index contributed by atoms with van der Waals surface area (Å²) in [5.74, 6) is -4.07. The van der Waals surface area contributed by atoms with Gasteiger partial charge in [-0.2, -0.15) is 0 Å². The topological polar surface area (TPSA) is 213 Å². The van der Waals surface area contributed by atoms with E-state index < -0.39 is 65.8 Å². The van der Waals surface area contributed by atoms with Gasteiger partial charge in [0.15, 0.2) is 23.7 Å². The van der Waals surface area contributed by atoms with E-state index in [9.17, 15) is 45.3 Å². The zero-order chi connectivity index (χ0) is 28.8. The lowest BCUT2D eigenvalue weighted by molar-refractivity contribution is -0.271. The number of carboxylic acids is 1. The average molecular weight is 548 g/mol. The van der Waals surface area contributed by atoms with Gasteiger partial charge in [0, 0.05) is 17.7 Å². The number of carbonyl (C=O) groups is 2. The first-order valence-electron chi connectivity index (χ1n) is 11.8. The largest absolute Gasteiger partial charge is 0.507 e. The molecule has 0 bridgehead atoms. The Labute approximate surface area is 221 Å². The maximum absolute atomic E-state index is 13.3. The van der Waals surface area contributed by atoms with Crippen molar-refractivity contribution in [2.45, 2.75) is 57.1 Å². The molecule has 1 saturated heterocycles. The molecule has 13 heteroatoms. The van der Waals surface area contributed by atoms with E-state index in [0.717, 1.165) is 23.8 Å². The van der Waals surface area contributed by atoms with E-state index in [1.807, 2.05) is 19.9 Å². The molecule has 2 aromatic carbocycles. The molecular weight excluding hydrogens is 520 g/mol. The van der Waals surface area contributed by atoms with Crippen molar-refractivity contribution >= 4 is 11.8 Å². The molecule has 1 fully saturated rings. The number of ether oxygens (including phenoxy) is 4. The van der Waals surface area contributed by atoms with Crippen molar-refractivity contribution in [3.8, 4) is 34.5 Å². The van der Waals surface area contributed by atoms with E-state index in [-0.39, 0.29) is 34.8 Å². The third-order valence-electron chi connectivity index (χ3n) is 6.42. The summed E-state index contributed by atoms with van der Waals surface area (Å²) in [6.07, 6.45) is -8.90. The third-order valence-corrected chi connectivity index (χ3v) is 6.42. The summed E-state index contributed by atoms with van der Waals surface area (Å²) in [5.41, 5.74) is 1.12. The van der Waals surface area contributed by atoms with Crippen LogP contribution >= 0.6 is 0 Å². The minimum Gasteiger partial charge on any atom is -0.507 e. The number of carbonyl (C=O) groups excluding carboxylic acids is 1. The molecule has 210 valence electrons. The Morgan fingerprint density at radius 2 is 1.69 bits per heavy atom. The van der Waals surface area contributed by atoms with Gasteiger partial charge in [-0.05, 0) is 26.3 Å².